The third-order valence-electron chi connectivity index (χ3n) is 2.95. The van der Waals surface area contributed by atoms with Crippen LogP contribution in [0.1, 0.15) is 21.5 Å². The van der Waals surface area contributed by atoms with Crippen molar-refractivity contribution < 1.29 is 19.8 Å². The normalized spacial score (nSPS) is 10.0. The maximum Gasteiger partial charge on any atom is 0.337 e. The molecular weight excluding hydrogens is 272 g/mol. The smallest absolute Gasteiger partial charge is 0.337 e. The molecule has 1 aromatic carbocycles. The molecule has 0 aliphatic heterocycles. The van der Waals surface area contributed by atoms with Crippen LogP contribution in [0.2, 0.25) is 0 Å². The minimum absolute atomic E-state index is 0.0448. The van der Waals surface area contributed by atoms with Crippen LogP contribution in [0.3, 0.4) is 0 Å². The van der Waals surface area contributed by atoms with Crippen LogP contribution >= 0.6 is 0 Å². The molecule has 0 bridgehead atoms. The van der Waals surface area contributed by atoms with Gasteiger partial charge in [0.2, 0.25) is 0 Å². The highest BCUT2D eigenvalue weighted by molar-refractivity contribution is 6.01. The summed E-state index contributed by atoms with van der Waals surface area (Å²) in [6.45, 7) is 7.30. The lowest BCUT2D eigenvalue weighted by Crippen LogP contribution is -2.37. The standard InChI is InChI=1S/C15H20N2O4/c1-4-5-17(6-7-18)15(21)16-13-11(3)8-10(2)9-12(13)14(19)20/h4,8-9,18H,1,5-7H2,2-3H3,(H,16,21)(H,19,20). The third-order valence-corrected chi connectivity index (χ3v) is 2.95. The fraction of sp³-hybridized carbons (Fsp3) is 0.333. The predicted molar refractivity (Wildman–Crippen MR) is 80.7 cm³/mol. The number of aryl methyl sites for hydroxylation is 2. The van der Waals surface area contributed by atoms with Crippen molar-refractivity contribution >= 4 is 17.7 Å². The number of rotatable bonds is 6. The molecule has 1 aromatic rings. The minimum Gasteiger partial charge on any atom is -0.478 e. The number of hydrogen-bond acceptors (Lipinski definition) is 3. The maximum atomic E-state index is 12.2. The summed E-state index contributed by atoms with van der Waals surface area (Å²) in [4.78, 5) is 24.8. The molecule has 21 heavy (non-hydrogen) atoms. The molecule has 0 saturated heterocycles. The number of nitrogens with one attached hydrogen (secondary N) is 1. The number of benzene rings is 1. The summed E-state index contributed by atoms with van der Waals surface area (Å²) >= 11 is 0. The summed E-state index contributed by atoms with van der Waals surface area (Å²) in [5.74, 6) is -1.10. The lowest BCUT2D eigenvalue weighted by molar-refractivity contribution is 0.0698. The van der Waals surface area contributed by atoms with E-state index >= 15 is 0 Å². The molecule has 0 aliphatic carbocycles. The van der Waals surface area contributed by atoms with E-state index in [1.807, 2.05) is 0 Å². The van der Waals surface area contributed by atoms with E-state index in [1.165, 1.54) is 17.0 Å². The van der Waals surface area contributed by atoms with Crippen molar-refractivity contribution in [1.29, 1.82) is 0 Å². The van der Waals surface area contributed by atoms with Crippen molar-refractivity contribution in [2.75, 3.05) is 25.0 Å². The van der Waals surface area contributed by atoms with Gasteiger partial charge in [0.15, 0.2) is 0 Å². The Balaban J connectivity index is 3.08. The number of carboxylic acid groups (broad SMARTS) is 1. The van der Waals surface area contributed by atoms with Crippen LogP contribution in [0.15, 0.2) is 24.8 Å². The van der Waals surface area contributed by atoms with Gasteiger partial charge in [0.1, 0.15) is 0 Å². The van der Waals surface area contributed by atoms with Crippen molar-refractivity contribution in [2.24, 2.45) is 0 Å². The number of amides is 2. The molecule has 0 aromatic heterocycles. The van der Waals surface area contributed by atoms with Gasteiger partial charge in [-0.15, -0.1) is 6.58 Å². The Hall–Kier alpha value is -2.34. The molecule has 2 amide bonds. The number of hydrogen-bond donors (Lipinski definition) is 3. The molecule has 0 unspecified atom stereocenters. The summed E-state index contributed by atoms with van der Waals surface area (Å²) in [5.41, 5.74) is 1.79. The Kier molecular flexibility index (Phi) is 5.92. The Morgan fingerprint density at radius 3 is 2.57 bits per heavy atom. The first-order valence-electron chi connectivity index (χ1n) is 6.53. The number of carboxylic acids is 1. The second-order valence-electron chi connectivity index (χ2n) is 4.70. The molecule has 6 nitrogen and oxygen atoms in total. The van der Waals surface area contributed by atoms with Crippen molar-refractivity contribution in [3.8, 4) is 0 Å². The van der Waals surface area contributed by atoms with Gasteiger partial charge in [-0.05, 0) is 31.0 Å². The molecule has 3 N–H and O–H groups in total. The number of aliphatic hydroxyl groups is 1. The molecule has 0 fully saturated rings. The summed E-state index contributed by atoms with van der Waals surface area (Å²) < 4.78 is 0. The zero-order chi connectivity index (χ0) is 16.0. The first-order chi connectivity index (χ1) is 9.90. The fourth-order valence-corrected chi connectivity index (χ4v) is 2.04. The number of aromatic carboxylic acids is 1. The van der Waals surface area contributed by atoms with Gasteiger partial charge in [0.05, 0.1) is 17.9 Å². The van der Waals surface area contributed by atoms with E-state index in [9.17, 15) is 14.7 Å². The van der Waals surface area contributed by atoms with Crippen LogP contribution in [0.4, 0.5) is 10.5 Å². The highest BCUT2D eigenvalue weighted by Gasteiger charge is 2.18. The summed E-state index contributed by atoms with van der Waals surface area (Å²) in [6.07, 6.45) is 1.54. The molecule has 0 heterocycles. The van der Waals surface area contributed by atoms with Gasteiger partial charge in [-0.3, -0.25) is 0 Å². The number of carbonyl (C=O) groups is 2. The van der Waals surface area contributed by atoms with Gasteiger partial charge in [-0.2, -0.15) is 0 Å². The molecule has 0 radical (unpaired) electrons. The molecule has 114 valence electrons. The minimum atomic E-state index is -1.10. The Morgan fingerprint density at radius 1 is 1.38 bits per heavy atom. The number of nitrogens with zero attached hydrogens (tertiary/aromatic N) is 1. The van der Waals surface area contributed by atoms with E-state index in [2.05, 4.69) is 11.9 Å². The first kappa shape index (κ1) is 16.7. The van der Waals surface area contributed by atoms with Crippen LogP contribution in [0.5, 0.6) is 0 Å². The van der Waals surface area contributed by atoms with Gasteiger partial charge >= 0.3 is 12.0 Å². The van der Waals surface area contributed by atoms with Crippen LogP contribution in [0, 0.1) is 13.8 Å². The van der Waals surface area contributed by atoms with Crippen molar-refractivity contribution in [1.82, 2.24) is 4.90 Å². The summed E-state index contributed by atoms with van der Waals surface area (Å²) in [6, 6.07) is 2.83. The molecule has 0 aliphatic rings. The van der Waals surface area contributed by atoms with E-state index in [-0.39, 0.29) is 30.9 Å². The Labute approximate surface area is 123 Å². The van der Waals surface area contributed by atoms with E-state index < -0.39 is 12.0 Å². The third kappa shape index (κ3) is 4.32. The van der Waals surface area contributed by atoms with E-state index in [1.54, 1.807) is 19.9 Å². The lowest BCUT2D eigenvalue weighted by atomic mass is 10.0. The van der Waals surface area contributed by atoms with Crippen molar-refractivity contribution in [3.63, 3.8) is 0 Å². The molecule has 0 spiro atoms. The van der Waals surface area contributed by atoms with Crippen LogP contribution in [0.25, 0.3) is 0 Å². The Bertz CT molecular complexity index is 555. The Morgan fingerprint density at radius 2 is 2.05 bits per heavy atom. The number of carbonyl (C=O) groups excluding carboxylic acids is 1. The van der Waals surface area contributed by atoms with Gasteiger partial charge < -0.3 is 20.4 Å². The number of aliphatic hydroxyl groups excluding tert-OH is 1. The van der Waals surface area contributed by atoms with Crippen molar-refractivity contribution in [3.05, 3.63) is 41.5 Å². The number of anilines is 1. The van der Waals surface area contributed by atoms with E-state index in [0.717, 1.165) is 5.56 Å². The van der Waals surface area contributed by atoms with E-state index in [4.69, 9.17) is 5.11 Å². The predicted octanol–water partition coefficient (Wildman–Crippen LogP) is 2.01. The average molecular weight is 292 g/mol. The molecule has 6 heteroatoms. The quantitative estimate of drug-likeness (QED) is 0.700. The summed E-state index contributed by atoms with van der Waals surface area (Å²) in [7, 11) is 0. The highest BCUT2D eigenvalue weighted by Crippen LogP contribution is 2.23. The zero-order valence-corrected chi connectivity index (χ0v) is 12.2. The van der Waals surface area contributed by atoms with E-state index in [0.29, 0.717) is 5.56 Å². The molecule has 1 rings (SSSR count). The molecular formula is C15H20N2O4. The monoisotopic (exact) mass is 292 g/mol. The lowest BCUT2D eigenvalue weighted by Gasteiger charge is -2.22. The van der Waals surface area contributed by atoms with Crippen LogP contribution in [-0.2, 0) is 0 Å². The van der Waals surface area contributed by atoms with Crippen LogP contribution < -0.4 is 5.32 Å². The zero-order valence-electron chi connectivity index (χ0n) is 12.2. The molecule has 0 atom stereocenters. The largest absolute Gasteiger partial charge is 0.478 e. The topological polar surface area (TPSA) is 89.9 Å². The van der Waals surface area contributed by atoms with Crippen molar-refractivity contribution in [2.45, 2.75) is 13.8 Å². The second kappa shape index (κ2) is 7.44. The summed E-state index contributed by atoms with van der Waals surface area (Å²) in [5, 5.41) is 20.8. The van der Waals surface area contributed by atoms with Gasteiger partial charge in [-0.25, -0.2) is 9.59 Å². The average Bonchev–Trinajstić information content (AvgIpc) is 2.40. The highest BCUT2D eigenvalue weighted by atomic mass is 16.4. The van der Waals surface area contributed by atoms with Gasteiger partial charge in [0, 0.05) is 13.1 Å². The maximum absolute atomic E-state index is 12.2. The first-order valence-corrected chi connectivity index (χ1v) is 6.53. The van der Waals surface area contributed by atoms with Crippen LogP contribution in [-0.4, -0.2) is 46.8 Å². The molecule has 0 saturated carbocycles. The van der Waals surface area contributed by atoms with Gasteiger partial charge in [-0.1, -0.05) is 12.1 Å². The second-order valence-corrected chi connectivity index (χ2v) is 4.70. The number of urea groups is 1. The SMILES string of the molecule is C=CCN(CCO)C(=O)Nc1c(C)cc(C)cc1C(=O)O. The van der Waals surface area contributed by atoms with Gasteiger partial charge in [0.25, 0.3) is 0 Å². The fourth-order valence-electron chi connectivity index (χ4n) is 2.04.